The van der Waals surface area contributed by atoms with Crippen molar-refractivity contribution in [3.63, 3.8) is 0 Å². The van der Waals surface area contributed by atoms with Crippen LogP contribution in [0.25, 0.3) is 0 Å². The zero-order chi connectivity index (χ0) is 15.8. The highest BCUT2D eigenvalue weighted by atomic mass is 32.1. The van der Waals surface area contributed by atoms with E-state index in [1.165, 1.54) is 11.1 Å². The Morgan fingerprint density at radius 1 is 0.955 bits per heavy atom. The third-order valence-corrected chi connectivity index (χ3v) is 3.92. The molecule has 0 radical (unpaired) electrons. The van der Waals surface area contributed by atoms with Crippen LogP contribution in [0.5, 0.6) is 0 Å². The molecule has 2 nitrogen and oxygen atoms in total. The van der Waals surface area contributed by atoms with Gasteiger partial charge >= 0.3 is 0 Å². The van der Waals surface area contributed by atoms with E-state index in [0.29, 0.717) is 5.92 Å². The molecule has 0 fully saturated rings. The average molecular weight is 312 g/mol. The van der Waals surface area contributed by atoms with Gasteiger partial charge in [0.2, 0.25) is 0 Å². The third-order valence-electron chi connectivity index (χ3n) is 3.65. The van der Waals surface area contributed by atoms with Gasteiger partial charge in [0.1, 0.15) is 0 Å². The zero-order valence-corrected chi connectivity index (χ0v) is 14.1. The predicted molar refractivity (Wildman–Crippen MR) is 97.9 cm³/mol. The van der Waals surface area contributed by atoms with Gasteiger partial charge in [-0.15, -0.1) is 0 Å². The summed E-state index contributed by atoms with van der Waals surface area (Å²) in [7, 11) is 0. The maximum Gasteiger partial charge on any atom is 0.166 e. The fourth-order valence-corrected chi connectivity index (χ4v) is 2.68. The molecule has 0 aliphatic rings. The van der Waals surface area contributed by atoms with Crippen molar-refractivity contribution in [2.45, 2.75) is 26.3 Å². The van der Waals surface area contributed by atoms with Crippen LogP contribution in [-0.2, 0) is 6.42 Å². The summed E-state index contributed by atoms with van der Waals surface area (Å²) in [4.78, 5) is 0. The van der Waals surface area contributed by atoms with E-state index >= 15 is 0 Å². The van der Waals surface area contributed by atoms with E-state index < -0.39 is 0 Å². The van der Waals surface area contributed by atoms with Crippen molar-refractivity contribution >= 4 is 17.3 Å². The van der Waals surface area contributed by atoms with Gasteiger partial charge < -0.3 is 10.6 Å². The Kier molecular flexibility index (Phi) is 6.41. The van der Waals surface area contributed by atoms with E-state index in [9.17, 15) is 0 Å². The molecule has 0 unspecified atom stereocenters. The van der Waals surface area contributed by atoms with Crippen molar-refractivity contribution in [3.05, 3.63) is 71.8 Å². The second kappa shape index (κ2) is 8.54. The number of benzene rings is 2. The minimum atomic E-state index is 0.234. The first kappa shape index (κ1) is 16.5. The van der Waals surface area contributed by atoms with Gasteiger partial charge in [-0.1, -0.05) is 74.5 Å². The Bertz CT molecular complexity index is 567. The molecule has 0 amide bonds. The lowest BCUT2D eigenvalue weighted by Crippen LogP contribution is -2.40. The van der Waals surface area contributed by atoms with Crippen LogP contribution in [-0.4, -0.2) is 11.7 Å². The molecule has 0 aliphatic heterocycles. The summed E-state index contributed by atoms with van der Waals surface area (Å²) in [6.45, 7) is 5.25. The van der Waals surface area contributed by atoms with Gasteiger partial charge in [-0.2, -0.15) is 0 Å². The molecule has 0 aromatic heterocycles. The van der Waals surface area contributed by atoms with Crippen LogP contribution >= 0.6 is 12.2 Å². The van der Waals surface area contributed by atoms with Crippen LogP contribution in [0.2, 0.25) is 0 Å². The Balaban J connectivity index is 1.84. The second-order valence-electron chi connectivity index (χ2n) is 5.77. The van der Waals surface area contributed by atoms with Gasteiger partial charge in [0.05, 0.1) is 6.04 Å². The van der Waals surface area contributed by atoms with Crippen LogP contribution in [0, 0.1) is 5.92 Å². The van der Waals surface area contributed by atoms with Crippen molar-refractivity contribution in [1.29, 1.82) is 0 Å². The quantitative estimate of drug-likeness (QED) is 0.786. The summed E-state index contributed by atoms with van der Waals surface area (Å²) < 4.78 is 0. The highest BCUT2D eigenvalue weighted by Gasteiger charge is 2.16. The van der Waals surface area contributed by atoms with Crippen LogP contribution < -0.4 is 10.6 Å². The van der Waals surface area contributed by atoms with E-state index in [1.807, 2.05) is 12.1 Å². The predicted octanol–water partition coefficient (Wildman–Crippen LogP) is 4.09. The van der Waals surface area contributed by atoms with Gasteiger partial charge in [-0.3, -0.25) is 0 Å². The topological polar surface area (TPSA) is 24.1 Å². The standard InChI is InChI=1S/C19H24N2S/c1-15(2)18(17-11-7-4-8-12-17)21-19(22)20-14-13-16-9-5-3-6-10-16/h3-12,15,18H,13-14H2,1-2H3,(H2,20,21,22)/t18-/m1/s1. The van der Waals surface area contributed by atoms with Gasteiger partial charge in [-0.05, 0) is 35.7 Å². The van der Waals surface area contributed by atoms with Crippen molar-refractivity contribution < 1.29 is 0 Å². The van der Waals surface area contributed by atoms with E-state index in [2.05, 4.69) is 73.0 Å². The Morgan fingerprint density at radius 2 is 1.55 bits per heavy atom. The van der Waals surface area contributed by atoms with Gasteiger partial charge in [0, 0.05) is 6.54 Å². The molecule has 0 aliphatic carbocycles. The minimum absolute atomic E-state index is 0.234. The molecule has 0 spiro atoms. The molecule has 2 rings (SSSR count). The molecule has 0 heterocycles. The maximum absolute atomic E-state index is 5.44. The number of hydrogen-bond acceptors (Lipinski definition) is 1. The monoisotopic (exact) mass is 312 g/mol. The smallest absolute Gasteiger partial charge is 0.166 e. The molecule has 0 saturated carbocycles. The van der Waals surface area contributed by atoms with Crippen molar-refractivity contribution in [2.24, 2.45) is 5.92 Å². The first-order valence-electron chi connectivity index (χ1n) is 7.80. The van der Waals surface area contributed by atoms with Crippen LogP contribution in [0.1, 0.15) is 31.0 Å². The number of hydrogen-bond donors (Lipinski definition) is 2. The molecular weight excluding hydrogens is 288 g/mol. The van der Waals surface area contributed by atoms with Gasteiger partial charge in [-0.25, -0.2) is 0 Å². The molecule has 0 saturated heterocycles. The third kappa shape index (κ3) is 5.15. The first-order valence-corrected chi connectivity index (χ1v) is 8.21. The summed E-state index contributed by atoms with van der Waals surface area (Å²) in [5, 5.41) is 7.47. The molecule has 1 atom stereocenters. The van der Waals surface area contributed by atoms with E-state index in [0.717, 1.165) is 18.1 Å². The molecule has 2 N–H and O–H groups in total. The SMILES string of the molecule is CC(C)[C@@H](NC(=S)NCCc1ccccc1)c1ccccc1. The lowest BCUT2D eigenvalue weighted by Gasteiger charge is -2.24. The average Bonchev–Trinajstić information content (AvgIpc) is 2.54. The highest BCUT2D eigenvalue weighted by Crippen LogP contribution is 2.20. The molecule has 116 valence electrons. The Labute approximate surface area is 139 Å². The van der Waals surface area contributed by atoms with Crippen LogP contribution in [0.4, 0.5) is 0 Å². The van der Waals surface area contributed by atoms with E-state index in [1.54, 1.807) is 0 Å². The molecule has 3 heteroatoms. The number of rotatable bonds is 6. The second-order valence-corrected chi connectivity index (χ2v) is 6.18. The Hall–Kier alpha value is -1.87. The fraction of sp³-hybridized carbons (Fsp3) is 0.316. The summed E-state index contributed by atoms with van der Waals surface area (Å²) >= 11 is 5.44. The van der Waals surface area contributed by atoms with Gasteiger partial charge in [0.25, 0.3) is 0 Å². The highest BCUT2D eigenvalue weighted by molar-refractivity contribution is 7.80. The normalized spacial score (nSPS) is 12.0. The van der Waals surface area contributed by atoms with Crippen molar-refractivity contribution in [2.75, 3.05) is 6.54 Å². The van der Waals surface area contributed by atoms with Crippen LogP contribution in [0.3, 0.4) is 0 Å². The van der Waals surface area contributed by atoms with E-state index in [4.69, 9.17) is 12.2 Å². The molecule has 0 bridgehead atoms. The fourth-order valence-electron chi connectivity index (χ4n) is 2.45. The molecule has 2 aromatic carbocycles. The Morgan fingerprint density at radius 3 is 2.14 bits per heavy atom. The van der Waals surface area contributed by atoms with Crippen molar-refractivity contribution in [1.82, 2.24) is 10.6 Å². The maximum atomic E-state index is 5.44. The molecular formula is C19H24N2S. The summed E-state index contributed by atoms with van der Waals surface area (Å²) in [5.74, 6) is 0.469. The van der Waals surface area contributed by atoms with Crippen LogP contribution in [0.15, 0.2) is 60.7 Å². The zero-order valence-electron chi connectivity index (χ0n) is 13.3. The summed E-state index contributed by atoms with van der Waals surface area (Å²) in [5.41, 5.74) is 2.59. The lowest BCUT2D eigenvalue weighted by atomic mass is 9.96. The number of nitrogens with one attached hydrogen (secondary N) is 2. The molecule has 22 heavy (non-hydrogen) atoms. The minimum Gasteiger partial charge on any atom is -0.362 e. The lowest BCUT2D eigenvalue weighted by molar-refractivity contribution is 0.469. The van der Waals surface area contributed by atoms with E-state index in [-0.39, 0.29) is 6.04 Å². The first-order chi connectivity index (χ1) is 10.7. The largest absolute Gasteiger partial charge is 0.362 e. The summed E-state index contributed by atoms with van der Waals surface area (Å²) in [6, 6.07) is 21.1. The summed E-state index contributed by atoms with van der Waals surface area (Å²) in [6.07, 6.45) is 0.973. The van der Waals surface area contributed by atoms with Crippen molar-refractivity contribution in [3.8, 4) is 0 Å². The molecule has 2 aromatic rings. The number of thiocarbonyl (C=S) groups is 1. The van der Waals surface area contributed by atoms with Gasteiger partial charge in [0.15, 0.2) is 5.11 Å².